The third kappa shape index (κ3) is 2.99. The Balaban J connectivity index is 2.34. The first-order valence-electron chi connectivity index (χ1n) is 6.01. The quantitative estimate of drug-likeness (QED) is 0.883. The Bertz CT molecular complexity index is 656. The van der Waals surface area contributed by atoms with Crippen molar-refractivity contribution in [1.82, 2.24) is 0 Å². The second-order valence-electron chi connectivity index (χ2n) is 4.15. The standard InChI is InChI=1S/C15H12BrFO3/c1-2-9-4-3-5-10(8-9)20-12-7-6-11(15(18)19)13(16)14(12)17/h3-8H,2H2,1H3,(H,18,19). The Hall–Kier alpha value is -1.88. The van der Waals surface area contributed by atoms with Crippen LogP contribution in [0.25, 0.3) is 0 Å². The molecule has 104 valence electrons. The molecule has 1 N–H and O–H groups in total. The summed E-state index contributed by atoms with van der Waals surface area (Å²) in [6.07, 6.45) is 0.849. The lowest BCUT2D eigenvalue weighted by molar-refractivity contribution is 0.0695. The summed E-state index contributed by atoms with van der Waals surface area (Å²) >= 11 is 2.94. The van der Waals surface area contributed by atoms with Gasteiger partial charge in [-0.15, -0.1) is 0 Å². The minimum Gasteiger partial charge on any atom is -0.478 e. The Morgan fingerprint density at radius 2 is 2.10 bits per heavy atom. The number of rotatable bonds is 4. The third-order valence-corrected chi connectivity index (χ3v) is 3.59. The van der Waals surface area contributed by atoms with Crippen molar-refractivity contribution in [3.8, 4) is 11.5 Å². The maximum Gasteiger partial charge on any atom is 0.336 e. The molecule has 0 amide bonds. The maximum absolute atomic E-state index is 14.1. The third-order valence-electron chi connectivity index (χ3n) is 2.81. The van der Waals surface area contributed by atoms with E-state index in [4.69, 9.17) is 9.84 Å². The summed E-state index contributed by atoms with van der Waals surface area (Å²) in [4.78, 5) is 10.9. The summed E-state index contributed by atoms with van der Waals surface area (Å²) in [5.74, 6) is -1.43. The highest BCUT2D eigenvalue weighted by Crippen LogP contribution is 2.32. The average Bonchev–Trinajstić information content (AvgIpc) is 2.44. The Kier molecular flexibility index (Phi) is 4.39. The molecule has 0 fully saturated rings. The number of carboxylic acids is 1. The van der Waals surface area contributed by atoms with Gasteiger partial charge >= 0.3 is 5.97 Å². The van der Waals surface area contributed by atoms with E-state index in [2.05, 4.69) is 15.9 Å². The number of hydrogen-bond donors (Lipinski definition) is 1. The fourth-order valence-electron chi connectivity index (χ4n) is 1.73. The van der Waals surface area contributed by atoms with E-state index in [0.29, 0.717) is 5.75 Å². The van der Waals surface area contributed by atoms with Crippen LogP contribution in [0.1, 0.15) is 22.8 Å². The summed E-state index contributed by atoms with van der Waals surface area (Å²) in [7, 11) is 0. The lowest BCUT2D eigenvalue weighted by Gasteiger charge is -2.10. The van der Waals surface area contributed by atoms with E-state index in [1.54, 1.807) is 6.07 Å². The number of ether oxygens (including phenoxy) is 1. The molecule has 0 atom stereocenters. The van der Waals surface area contributed by atoms with Gasteiger partial charge < -0.3 is 9.84 Å². The van der Waals surface area contributed by atoms with Crippen molar-refractivity contribution >= 4 is 21.9 Å². The predicted molar refractivity (Wildman–Crippen MR) is 77.0 cm³/mol. The molecule has 5 heteroatoms. The van der Waals surface area contributed by atoms with Crippen LogP contribution in [0.4, 0.5) is 4.39 Å². The van der Waals surface area contributed by atoms with Crippen molar-refractivity contribution in [3.63, 3.8) is 0 Å². The number of carbonyl (C=O) groups is 1. The van der Waals surface area contributed by atoms with Crippen molar-refractivity contribution in [3.05, 3.63) is 57.8 Å². The van der Waals surface area contributed by atoms with Gasteiger partial charge in [-0.1, -0.05) is 19.1 Å². The Labute approximate surface area is 124 Å². The summed E-state index contributed by atoms with van der Waals surface area (Å²) in [6, 6.07) is 9.92. The molecule has 0 saturated carbocycles. The van der Waals surface area contributed by atoms with E-state index in [1.807, 2.05) is 25.1 Å². The second kappa shape index (κ2) is 6.05. The van der Waals surface area contributed by atoms with Crippen molar-refractivity contribution < 1.29 is 19.0 Å². The van der Waals surface area contributed by atoms with Gasteiger partial charge in [0.1, 0.15) is 5.75 Å². The predicted octanol–water partition coefficient (Wildman–Crippen LogP) is 4.64. The second-order valence-corrected chi connectivity index (χ2v) is 4.94. The molecule has 0 heterocycles. The smallest absolute Gasteiger partial charge is 0.336 e. The molecule has 0 aliphatic rings. The average molecular weight is 339 g/mol. The molecule has 3 nitrogen and oxygen atoms in total. The van der Waals surface area contributed by atoms with Gasteiger partial charge in [-0.25, -0.2) is 9.18 Å². The number of benzene rings is 2. The van der Waals surface area contributed by atoms with Gasteiger partial charge in [-0.05, 0) is 52.2 Å². The fourth-order valence-corrected chi connectivity index (χ4v) is 2.23. The topological polar surface area (TPSA) is 46.5 Å². The maximum atomic E-state index is 14.1. The molecule has 0 radical (unpaired) electrons. The van der Waals surface area contributed by atoms with Gasteiger partial charge in [0, 0.05) is 0 Å². The van der Waals surface area contributed by atoms with Crippen molar-refractivity contribution in [1.29, 1.82) is 0 Å². The van der Waals surface area contributed by atoms with Gasteiger partial charge in [-0.2, -0.15) is 0 Å². The molecule has 0 aliphatic carbocycles. The van der Waals surface area contributed by atoms with Crippen LogP contribution in [0.5, 0.6) is 11.5 Å². The highest BCUT2D eigenvalue weighted by atomic mass is 79.9. The molecule has 2 aromatic carbocycles. The Morgan fingerprint density at radius 3 is 2.75 bits per heavy atom. The number of carboxylic acid groups (broad SMARTS) is 1. The largest absolute Gasteiger partial charge is 0.478 e. The molecule has 0 unspecified atom stereocenters. The van der Waals surface area contributed by atoms with E-state index >= 15 is 0 Å². The minimum atomic E-state index is -1.20. The monoisotopic (exact) mass is 338 g/mol. The van der Waals surface area contributed by atoms with Crippen LogP contribution in [-0.4, -0.2) is 11.1 Å². The van der Waals surface area contributed by atoms with E-state index < -0.39 is 11.8 Å². The number of aryl methyl sites for hydroxylation is 1. The number of halogens is 2. The van der Waals surface area contributed by atoms with E-state index in [1.165, 1.54) is 12.1 Å². The van der Waals surface area contributed by atoms with Crippen LogP contribution >= 0.6 is 15.9 Å². The van der Waals surface area contributed by atoms with Gasteiger partial charge in [0.15, 0.2) is 11.6 Å². The number of aromatic carboxylic acids is 1. The summed E-state index contributed by atoms with van der Waals surface area (Å²) in [6.45, 7) is 2.01. The molecule has 0 saturated heterocycles. The number of hydrogen-bond acceptors (Lipinski definition) is 2. The van der Waals surface area contributed by atoms with Crippen LogP contribution in [0.2, 0.25) is 0 Å². The fraction of sp³-hybridized carbons (Fsp3) is 0.133. The molecule has 0 aromatic heterocycles. The van der Waals surface area contributed by atoms with Crippen molar-refractivity contribution in [2.45, 2.75) is 13.3 Å². The molecule has 0 spiro atoms. The van der Waals surface area contributed by atoms with Crippen LogP contribution < -0.4 is 4.74 Å². The molecular weight excluding hydrogens is 327 g/mol. The molecule has 0 bridgehead atoms. The van der Waals surface area contributed by atoms with E-state index in [9.17, 15) is 9.18 Å². The zero-order chi connectivity index (χ0) is 14.7. The van der Waals surface area contributed by atoms with Gasteiger partial charge in [0.25, 0.3) is 0 Å². The zero-order valence-corrected chi connectivity index (χ0v) is 12.3. The molecule has 2 aromatic rings. The highest BCUT2D eigenvalue weighted by Gasteiger charge is 2.17. The zero-order valence-electron chi connectivity index (χ0n) is 10.7. The molecule has 0 aliphatic heterocycles. The van der Waals surface area contributed by atoms with Crippen molar-refractivity contribution in [2.75, 3.05) is 0 Å². The van der Waals surface area contributed by atoms with Gasteiger partial charge in [0.2, 0.25) is 0 Å². The van der Waals surface area contributed by atoms with Crippen LogP contribution in [0, 0.1) is 5.82 Å². The SMILES string of the molecule is CCc1cccc(Oc2ccc(C(=O)O)c(Br)c2F)c1. The first kappa shape index (κ1) is 14.5. The lowest BCUT2D eigenvalue weighted by Crippen LogP contribution is -2.00. The Morgan fingerprint density at radius 1 is 1.35 bits per heavy atom. The van der Waals surface area contributed by atoms with Gasteiger partial charge in [0.05, 0.1) is 10.0 Å². The first-order chi connectivity index (χ1) is 9.52. The molecule has 2 rings (SSSR count). The van der Waals surface area contributed by atoms with Gasteiger partial charge in [-0.3, -0.25) is 0 Å². The minimum absolute atomic E-state index is 0.0184. The first-order valence-corrected chi connectivity index (χ1v) is 6.80. The van der Waals surface area contributed by atoms with Crippen LogP contribution in [0.3, 0.4) is 0 Å². The summed E-state index contributed by atoms with van der Waals surface area (Å²) < 4.78 is 19.4. The summed E-state index contributed by atoms with van der Waals surface area (Å²) in [5.41, 5.74) is 0.932. The van der Waals surface area contributed by atoms with E-state index in [0.717, 1.165) is 12.0 Å². The van der Waals surface area contributed by atoms with Crippen LogP contribution in [0.15, 0.2) is 40.9 Å². The summed E-state index contributed by atoms with van der Waals surface area (Å²) in [5, 5.41) is 8.90. The molecule has 20 heavy (non-hydrogen) atoms. The van der Waals surface area contributed by atoms with Crippen molar-refractivity contribution in [2.24, 2.45) is 0 Å². The highest BCUT2D eigenvalue weighted by molar-refractivity contribution is 9.10. The van der Waals surface area contributed by atoms with Crippen LogP contribution in [-0.2, 0) is 6.42 Å². The van der Waals surface area contributed by atoms with E-state index in [-0.39, 0.29) is 15.8 Å². The molecular formula is C15H12BrFO3. The lowest BCUT2D eigenvalue weighted by atomic mass is 10.1. The normalized spacial score (nSPS) is 10.3.